The number of sulfone groups is 1. The van der Waals surface area contributed by atoms with Gasteiger partial charge in [-0.25, -0.2) is 27.0 Å². The molecule has 0 fully saturated rings. The lowest BCUT2D eigenvalue weighted by molar-refractivity contribution is -0.168. The second-order valence-electron chi connectivity index (χ2n) is 13.9. The number of esters is 1. The Bertz CT molecular complexity index is 2290. The molecule has 1 unspecified atom stereocenters. The molecule has 3 atom stereocenters. The summed E-state index contributed by atoms with van der Waals surface area (Å²) in [5.41, 5.74) is 8.93. The van der Waals surface area contributed by atoms with Crippen LogP contribution >= 0.6 is 0 Å². The number of hydrogen-bond donors (Lipinski definition) is 1. The van der Waals surface area contributed by atoms with Gasteiger partial charge in [0.1, 0.15) is 23.4 Å². The van der Waals surface area contributed by atoms with E-state index in [0.717, 1.165) is 33.4 Å². The fourth-order valence-electron chi connectivity index (χ4n) is 5.41. The molecule has 0 aliphatic heterocycles. The highest BCUT2D eigenvalue weighted by Gasteiger charge is 2.33. The highest BCUT2D eigenvalue weighted by Crippen LogP contribution is 2.36. The van der Waals surface area contributed by atoms with Crippen molar-refractivity contribution in [3.63, 3.8) is 0 Å². The average molecular weight is 760 g/mol. The van der Waals surface area contributed by atoms with Crippen LogP contribution in [0.4, 0.5) is 20.8 Å². The number of anilines is 2. The van der Waals surface area contributed by atoms with Gasteiger partial charge < -0.3 is 19.9 Å². The van der Waals surface area contributed by atoms with Gasteiger partial charge in [0.15, 0.2) is 15.5 Å². The standard InChI is InChI=1S/C39H42FN5O8S/c1-23(26-12-15-29(40)16-13-26)32(46)20-25-8-10-27(11-9-25)28-14-19-34-42-37(43-44(34)22-28)45(31-18-17-30(54(7,49)50)21-33(31)51-6)38(48)53-24(2)52-36(47)35(41)39(3,4)5/h8-19,21-24,35H,20,41H2,1-7H3/t23-,24?,35-/m1/s1. The summed E-state index contributed by atoms with van der Waals surface area (Å²) in [5, 5.41) is 4.54. The van der Waals surface area contributed by atoms with Crippen LogP contribution in [-0.4, -0.2) is 66.6 Å². The summed E-state index contributed by atoms with van der Waals surface area (Å²) in [4.78, 5) is 44.9. The minimum absolute atomic E-state index is 0.000506. The first-order chi connectivity index (χ1) is 25.3. The fourth-order valence-corrected chi connectivity index (χ4v) is 6.05. The van der Waals surface area contributed by atoms with Crippen molar-refractivity contribution in [1.29, 1.82) is 0 Å². The summed E-state index contributed by atoms with van der Waals surface area (Å²) in [6, 6.07) is 19.8. The van der Waals surface area contributed by atoms with E-state index in [4.69, 9.17) is 19.9 Å². The Kier molecular flexibility index (Phi) is 11.5. The largest absolute Gasteiger partial charge is 0.495 e. The van der Waals surface area contributed by atoms with E-state index in [1.54, 1.807) is 52.1 Å². The van der Waals surface area contributed by atoms with E-state index in [1.165, 1.54) is 48.9 Å². The van der Waals surface area contributed by atoms with Crippen LogP contribution in [0.25, 0.3) is 16.8 Å². The van der Waals surface area contributed by atoms with E-state index >= 15 is 0 Å². The van der Waals surface area contributed by atoms with E-state index in [2.05, 4.69) is 10.1 Å². The number of nitrogens with two attached hydrogens (primary N) is 1. The molecule has 5 rings (SSSR count). The Morgan fingerprint density at radius 3 is 2.19 bits per heavy atom. The molecule has 2 N–H and O–H groups in total. The molecule has 3 aromatic carbocycles. The molecule has 0 saturated heterocycles. The van der Waals surface area contributed by atoms with Crippen molar-refractivity contribution in [2.45, 2.75) is 64.2 Å². The molecule has 0 aliphatic rings. The molecule has 2 aromatic heterocycles. The third-order valence-electron chi connectivity index (χ3n) is 8.78. The number of ketones is 1. The number of rotatable bonds is 12. The van der Waals surface area contributed by atoms with Crippen molar-refractivity contribution >= 4 is 45.0 Å². The number of hydrogen-bond acceptors (Lipinski definition) is 11. The maximum atomic E-state index is 13.8. The van der Waals surface area contributed by atoms with Gasteiger partial charge in [-0.15, -0.1) is 5.10 Å². The van der Waals surface area contributed by atoms with E-state index in [-0.39, 0.29) is 40.3 Å². The number of aromatic nitrogens is 3. The average Bonchev–Trinajstić information content (AvgIpc) is 3.53. The number of carbonyl (C=O) groups excluding carboxylic acids is 3. The van der Waals surface area contributed by atoms with Gasteiger partial charge in [-0.2, -0.15) is 4.98 Å². The molecule has 1 amide bonds. The number of benzene rings is 3. The number of pyridine rings is 1. The maximum Gasteiger partial charge on any atom is 0.424 e. The minimum Gasteiger partial charge on any atom is -0.495 e. The van der Waals surface area contributed by atoms with E-state index < -0.39 is 45.6 Å². The quantitative estimate of drug-likeness (QED) is 0.110. The summed E-state index contributed by atoms with van der Waals surface area (Å²) >= 11 is 0. The molecule has 0 saturated carbocycles. The smallest absolute Gasteiger partial charge is 0.424 e. The molecule has 15 heteroatoms. The maximum absolute atomic E-state index is 13.8. The number of halogens is 1. The lowest BCUT2D eigenvalue weighted by Gasteiger charge is -2.27. The fraction of sp³-hybridized carbons (Fsp3) is 0.308. The Morgan fingerprint density at radius 2 is 1.57 bits per heavy atom. The van der Waals surface area contributed by atoms with Crippen LogP contribution in [0.5, 0.6) is 5.75 Å². The molecule has 0 bridgehead atoms. The third kappa shape index (κ3) is 9.09. The monoisotopic (exact) mass is 759 g/mol. The van der Waals surface area contributed by atoms with Crippen molar-refractivity contribution in [2.24, 2.45) is 11.1 Å². The van der Waals surface area contributed by atoms with Gasteiger partial charge in [0, 0.05) is 43.3 Å². The Morgan fingerprint density at radius 1 is 0.926 bits per heavy atom. The molecule has 54 heavy (non-hydrogen) atoms. The number of nitrogens with zero attached hydrogens (tertiary/aromatic N) is 4. The number of amides is 1. The summed E-state index contributed by atoms with van der Waals surface area (Å²) in [6.45, 7) is 8.45. The van der Waals surface area contributed by atoms with Crippen LogP contribution in [0, 0.1) is 11.2 Å². The predicted molar refractivity (Wildman–Crippen MR) is 200 cm³/mol. The lowest BCUT2D eigenvalue weighted by Crippen LogP contribution is -2.45. The van der Waals surface area contributed by atoms with Crippen LogP contribution in [0.2, 0.25) is 0 Å². The minimum atomic E-state index is -3.64. The number of fused-ring (bicyclic) bond motifs is 1. The molecule has 0 aliphatic carbocycles. The molecular weight excluding hydrogens is 718 g/mol. The molecule has 2 heterocycles. The van der Waals surface area contributed by atoms with Gasteiger partial charge in [0.05, 0.1) is 17.7 Å². The van der Waals surface area contributed by atoms with Crippen molar-refractivity contribution in [3.8, 4) is 16.9 Å². The van der Waals surface area contributed by atoms with Crippen molar-refractivity contribution in [1.82, 2.24) is 14.6 Å². The third-order valence-corrected chi connectivity index (χ3v) is 9.89. The number of methoxy groups -OCH3 is 1. The Labute approximate surface area is 312 Å². The van der Waals surface area contributed by atoms with Crippen LogP contribution in [0.1, 0.15) is 51.7 Å². The first-order valence-electron chi connectivity index (χ1n) is 16.9. The second-order valence-corrected chi connectivity index (χ2v) is 15.9. The number of ether oxygens (including phenoxy) is 3. The van der Waals surface area contributed by atoms with Gasteiger partial charge in [-0.05, 0) is 58.5 Å². The summed E-state index contributed by atoms with van der Waals surface area (Å²) in [5.74, 6) is -1.69. The van der Waals surface area contributed by atoms with Crippen molar-refractivity contribution in [3.05, 3.63) is 102 Å². The summed E-state index contributed by atoms with van der Waals surface area (Å²) in [6.07, 6.45) is 0.507. The summed E-state index contributed by atoms with van der Waals surface area (Å²) < 4.78 is 55.7. The zero-order valence-electron chi connectivity index (χ0n) is 30.9. The lowest BCUT2D eigenvalue weighted by atomic mass is 9.87. The first kappa shape index (κ1) is 39.5. The first-order valence-corrected chi connectivity index (χ1v) is 18.8. The van der Waals surface area contributed by atoms with Crippen molar-refractivity contribution in [2.75, 3.05) is 18.3 Å². The predicted octanol–water partition coefficient (Wildman–Crippen LogP) is 6.40. The molecule has 284 valence electrons. The van der Waals surface area contributed by atoms with Crippen molar-refractivity contribution < 1.29 is 41.4 Å². The molecule has 13 nitrogen and oxygen atoms in total. The molecule has 0 radical (unpaired) electrons. The second kappa shape index (κ2) is 15.7. The number of Topliss-reactive ketones (excluding diaryl/α,β-unsaturated/α-hetero) is 1. The van der Waals surface area contributed by atoms with Crippen LogP contribution in [0.3, 0.4) is 0 Å². The van der Waals surface area contributed by atoms with Gasteiger partial charge in [-0.1, -0.05) is 64.1 Å². The summed E-state index contributed by atoms with van der Waals surface area (Å²) in [7, 11) is -2.33. The van der Waals surface area contributed by atoms with Crippen LogP contribution < -0.4 is 15.4 Å². The van der Waals surface area contributed by atoms with E-state index in [0.29, 0.717) is 5.65 Å². The van der Waals surface area contributed by atoms with Crippen LogP contribution in [0.15, 0.2) is 90.0 Å². The normalized spacial score (nSPS) is 13.5. The molecule has 0 spiro atoms. The molecule has 5 aromatic rings. The SMILES string of the molecule is COc1cc(S(C)(=O)=O)ccc1N(C(=O)OC(C)OC(=O)[C@@H](N)C(C)(C)C)c1nc2ccc(-c3ccc(CC(=O)[C@H](C)c4ccc(F)cc4)cc3)cn2n1. The topological polar surface area (TPSA) is 172 Å². The van der Waals surface area contributed by atoms with Gasteiger partial charge in [-0.3, -0.25) is 9.59 Å². The zero-order chi connectivity index (χ0) is 39.5. The van der Waals surface area contributed by atoms with E-state index in [1.807, 2.05) is 30.3 Å². The Hall–Kier alpha value is -5.67. The van der Waals surface area contributed by atoms with E-state index in [9.17, 15) is 27.2 Å². The zero-order valence-corrected chi connectivity index (χ0v) is 31.8. The van der Waals surface area contributed by atoms with Gasteiger partial charge in [0.25, 0.3) is 5.95 Å². The van der Waals surface area contributed by atoms with Gasteiger partial charge in [0.2, 0.25) is 6.29 Å². The molecular formula is C39H42FN5O8S. The highest BCUT2D eigenvalue weighted by atomic mass is 32.2. The van der Waals surface area contributed by atoms with Crippen LogP contribution in [-0.2, 0) is 35.3 Å². The number of carbonyl (C=O) groups is 3. The van der Waals surface area contributed by atoms with Gasteiger partial charge >= 0.3 is 12.1 Å². The Balaban J connectivity index is 1.43. The highest BCUT2D eigenvalue weighted by molar-refractivity contribution is 7.90.